The fraction of sp³-hybridized carbons (Fsp3) is 0.125. The molecule has 0 fully saturated rings. The zero-order valence-electron chi connectivity index (χ0n) is 9.05. The first-order valence-electron chi connectivity index (χ1n) is 4.43. The molecule has 0 saturated heterocycles. The lowest BCUT2D eigenvalue weighted by Gasteiger charge is -2.12. The predicted molar refractivity (Wildman–Crippen MR) is 58.2 cm³/mol. The van der Waals surface area contributed by atoms with Gasteiger partial charge in [0.1, 0.15) is 4.90 Å². The zero-order chi connectivity index (χ0) is 15.7. The topological polar surface area (TPSA) is 104 Å². The molecule has 0 aromatic heterocycles. The van der Waals surface area contributed by atoms with Gasteiger partial charge in [-0.2, -0.15) is 0 Å². The van der Waals surface area contributed by atoms with E-state index in [-0.39, 0.29) is 18.4 Å². The van der Waals surface area contributed by atoms with Gasteiger partial charge in [0.05, 0.1) is 10.5 Å². The van der Waals surface area contributed by atoms with Crippen LogP contribution in [0.25, 0.3) is 0 Å². The molecule has 0 aliphatic heterocycles. The number of ether oxygens (including phenoxy) is 1. The highest BCUT2D eigenvalue weighted by molar-refractivity contribution is 8.13. The van der Waals surface area contributed by atoms with Crippen LogP contribution in [0.5, 0.6) is 5.75 Å². The van der Waals surface area contributed by atoms with E-state index in [1.165, 1.54) is 0 Å². The van der Waals surface area contributed by atoms with E-state index in [1.54, 1.807) is 0 Å². The molecule has 0 N–H and O–H groups in total. The maximum atomic E-state index is 12.1. The first kappa shape index (κ1) is 16.2. The Morgan fingerprint density at radius 3 is 2.25 bits per heavy atom. The average Bonchev–Trinajstić information content (AvgIpc) is 2.24. The molecule has 0 amide bonds. The van der Waals surface area contributed by atoms with Crippen LogP contribution in [0.4, 0.5) is 18.9 Å². The molecule has 1 aromatic carbocycles. The molecule has 0 spiro atoms. The minimum atomic E-state index is -5.27. The van der Waals surface area contributed by atoms with E-state index < -0.39 is 42.2 Å². The summed E-state index contributed by atoms with van der Waals surface area (Å²) in [7, 11) is 0.119. The fourth-order valence-corrected chi connectivity index (χ4v) is 2.17. The third-order valence-corrected chi connectivity index (χ3v) is 3.25. The average molecular weight is 334 g/mol. The van der Waals surface area contributed by atoms with E-state index in [0.29, 0.717) is 0 Å². The van der Waals surface area contributed by atoms with Crippen LogP contribution in [0.2, 0.25) is 0 Å². The Balaban J connectivity index is 3.65. The van der Waals surface area contributed by atoms with Crippen molar-refractivity contribution in [2.45, 2.75) is 11.3 Å². The highest BCUT2D eigenvalue weighted by Crippen LogP contribution is 2.36. The van der Waals surface area contributed by atoms with Gasteiger partial charge in [0.25, 0.3) is 14.7 Å². The summed E-state index contributed by atoms with van der Waals surface area (Å²) in [5, 5.41) is 10.6. The standard InChI is InChI=1S/C8H3ClF3NO6S/c9-20(17,18)7-2-5(13(15)16)4(3-14)1-6(7)19-8(10,11)12/h1-3H. The SMILES string of the molecule is O=Cc1cc(OC(F)(F)F)c(S(=O)(=O)Cl)cc1[N+](=O)[O-]. The largest absolute Gasteiger partial charge is 0.573 e. The third-order valence-electron chi connectivity index (χ3n) is 1.91. The lowest BCUT2D eigenvalue weighted by molar-refractivity contribution is -0.385. The van der Waals surface area contributed by atoms with Crippen molar-refractivity contribution >= 4 is 31.7 Å². The Labute approximate surface area is 113 Å². The quantitative estimate of drug-likeness (QED) is 0.362. The summed E-state index contributed by atoms with van der Waals surface area (Å²) in [5.41, 5.74) is -1.81. The molecule has 0 atom stereocenters. The zero-order valence-corrected chi connectivity index (χ0v) is 10.6. The van der Waals surface area contributed by atoms with Crippen molar-refractivity contribution in [3.8, 4) is 5.75 Å². The van der Waals surface area contributed by atoms with E-state index in [4.69, 9.17) is 10.7 Å². The van der Waals surface area contributed by atoms with Gasteiger partial charge in [-0.3, -0.25) is 14.9 Å². The van der Waals surface area contributed by atoms with Crippen molar-refractivity contribution in [2.24, 2.45) is 0 Å². The van der Waals surface area contributed by atoms with Crippen LogP contribution in [0.1, 0.15) is 10.4 Å². The molecule has 110 valence electrons. The maximum absolute atomic E-state index is 12.1. The van der Waals surface area contributed by atoms with Gasteiger partial charge in [-0.15, -0.1) is 13.2 Å². The second-order valence-corrected chi connectivity index (χ2v) is 5.75. The number of halogens is 4. The third kappa shape index (κ3) is 3.81. The Bertz CT molecular complexity index is 672. The van der Waals surface area contributed by atoms with Crippen LogP contribution in [0.15, 0.2) is 17.0 Å². The molecule has 0 bridgehead atoms. The second-order valence-electron chi connectivity index (χ2n) is 3.22. The highest BCUT2D eigenvalue weighted by Gasteiger charge is 2.35. The minimum Gasteiger partial charge on any atom is -0.404 e. The summed E-state index contributed by atoms with van der Waals surface area (Å²) in [6, 6.07) is 0.487. The first-order chi connectivity index (χ1) is 8.95. The predicted octanol–water partition coefficient (Wildman–Crippen LogP) is 2.23. The Hall–Kier alpha value is -1.88. The molecule has 12 heteroatoms. The van der Waals surface area contributed by atoms with Gasteiger partial charge in [-0.05, 0) is 6.07 Å². The Morgan fingerprint density at radius 1 is 1.35 bits per heavy atom. The number of hydrogen-bond donors (Lipinski definition) is 0. The number of benzene rings is 1. The van der Waals surface area contributed by atoms with Crippen LogP contribution in [-0.2, 0) is 9.05 Å². The summed E-state index contributed by atoms with van der Waals surface area (Å²) < 4.78 is 62.0. The summed E-state index contributed by atoms with van der Waals surface area (Å²) in [5.74, 6) is -1.33. The fourth-order valence-electron chi connectivity index (χ4n) is 1.21. The van der Waals surface area contributed by atoms with Crippen molar-refractivity contribution in [1.82, 2.24) is 0 Å². The molecule has 0 saturated carbocycles. The number of carbonyl (C=O) groups excluding carboxylic acids is 1. The van der Waals surface area contributed by atoms with Gasteiger partial charge in [-0.1, -0.05) is 0 Å². The van der Waals surface area contributed by atoms with Crippen LogP contribution in [-0.4, -0.2) is 26.0 Å². The molecule has 0 radical (unpaired) electrons. The van der Waals surface area contributed by atoms with Gasteiger partial charge in [0.15, 0.2) is 12.0 Å². The van der Waals surface area contributed by atoms with Gasteiger partial charge in [0.2, 0.25) is 0 Å². The second kappa shape index (κ2) is 5.25. The van der Waals surface area contributed by atoms with E-state index >= 15 is 0 Å². The molecule has 0 unspecified atom stereocenters. The van der Waals surface area contributed by atoms with Crippen LogP contribution in [0, 0.1) is 10.1 Å². The smallest absolute Gasteiger partial charge is 0.404 e. The van der Waals surface area contributed by atoms with E-state index in [1.807, 2.05) is 0 Å². The highest BCUT2D eigenvalue weighted by atomic mass is 35.7. The monoisotopic (exact) mass is 333 g/mol. The Morgan fingerprint density at radius 2 is 1.90 bits per heavy atom. The number of nitro benzene ring substituents is 1. The number of carbonyl (C=O) groups is 1. The number of nitro groups is 1. The molecule has 1 rings (SSSR count). The number of alkyl halides is 3. The minimum absolute atomic E-state index is 0.119. The lowest BCUT2D eigenvalue weighted by atomic mass is 10.2. The van der Waals surface area contributed by atoms with Gasteiger partial charge in [-0.25, -0.2) is 8.42 Å². The normalized spacial score (nSPS) is 12.0. The summed E-state index contributed by atoms with van der Waals surface area (Å²) >= 11 is 0. The number of aldehydes is 1. The molecule has 0 aliphatic rings. The molecule has 20 heavy (non-hydrogen) atoms. The van der Waals surface area contributed by atoms with E-state index in [2.05, 4.69) is 4.74 Å². The molecule has 0 aliphatic carbocycles. The summed E-state index contributed by atoms with van der Waals surface area (Å²) in [6.45, 7) is 0. The van der Waals surface area contributed by atoms with E-state index in [9.17, 15) is 36.5 Å². The van der Waals surface area contributed by atoms with Crippen LogP contribution >= 0.6 is 10.7 Å². The van der Waals surface area contributed by atoms with Crippen molar-refractivity contribution < 1.29 is 36.0 Å². The maximum Gasteiger partial charge on any atom is 0.573 e. The van der Waals surface area contributed by atoms with Crippen molar-refractivity contribution in [3.05, 3.63) is 27.8 Å². The van der Waals surface area contributed by atoms with Crippen LogP contribution in [0.3, 0.4) is 0 Å². The number of nitrogens with zero attached hydrogens (tertiary/aromatic N) is 1. The molecule has 1 aromatic rings. The first-order valence-corrected chi connectivity index (χ1v) is 6.74. The summed E-state index contributed by atoms with van der Waals surface area (Å²) in [4.78, 5) is 18.8. The Kier molecular flexibility index (Phi) is 4.24. The van der Waals surface area contributed by atoms with Gasteiger partial charge in [0, 0.05) is 16.7 Å². The van der Waals surface area contributed by atoms with Crippen molar-refractivity contribution in [3.63, 3.8) is 0 Å². The molecular weight excluding hydrogens is 331 g/mol. The van der Waals surface area contributed by atoms with E-state index in [0.717, 1.165) is 0 Å². The number of rotatable bonds is 4. The van der Waals surface area contributed by atoms with Gasteiger partial charge >= 0.3 is 6.36 Å². The molecule has 7 nitrogen and oxygen atoms in total. The van der Waals surface area contributed by atoms with Crippen molar-refractivity contribution in [1.29, 1.82) is 0 Å². The van der Waals surface area contributed by atoms with Gasteiger partial charge < -0.3 is 4.74 Å². The number of hydrogen-bond acceptors (Lipinski definition) is 6. The molecule has 0 heterocycles. The van der Waals surface area contributed by atoms with Crippen LogP contribution < -0.4 is 4.74 Å². The molecular formula is C8H3ClF3NO6S. The van der Waals surface area contributed by atoms with Crippen molar-refractivity contribution in [2.75, 3.05) is 0 Å². The summed E-state index contributed by atoms with van der Waals surface area (Å²) in [6.07, 6.45) is -5.39. The lowest BCUT2D eigenvalue weighted by Crippen LogP contribution is -2.19.